The fourth-order valence-corrected chi connectivity index (χ4v) is 4.72. The van der Waals surface area contributed by atoms with E-state index in [1.165, 1.54) is 22.9 Å². The summed E-state index contributed by atoms with van der Waals surface area (Å²) >= 11 is 7.60. The van der Waals surface area contributed by atoms with Crippen molar-refractivity contribution in [1.82, 2.24) is 14.5 Å². The van der Waals surface area contributed by atoms with Crippen LogP contribution < -0.4 is 4.90 Å². The molecule has 0 radical (unpaired) electrons. The van der Waals surface area contributed by atoms with Crippen molar-refractivity contribution in [3.8, 4) is 5.69 Å². The summed E-state index contributed by atoms with van der Waals surface area (Å²) in [6, 6.07) is 14.2. The van der Waals surface area contributed by atoms with Crippen molar-refractivity contribution in [3.05, 3.63) is 71.0 Å². The van der Waals surface area contributed by atoms with Crippen LogP contribution in [-0.2, 0) is 4.79 Å². The zero-order valence-electron chi connectivity index (χ0n) is 17.2. The maximum atomic E-state index is 12.8. The van der Waals surface area contributed by atoms with Gasteiger partial charge in [0.15, 0.2) is 5.16 Å². The van der Waals surface area contributed by atoms with Crippen LogP contribution in [0.5, 0.6) is 0 Å². The minimum Gasteiger partial charge on any atom is -0.368 e. The molecular formula is C23H25ClN4OS. The number of imidazole rings is 1. The van der Waals surface area contributed by atoms with Gasteiger partial charge in [-0.15, -0.1) is 0 Å². The number of benzene rings is 2. The van der Waals surface area contributed by atoms with E-state index in [-0.39, 0.29) is 5.91 Å². The lowest BCUT2D eigenvalue weighted by Gasteiger charge is -2.36. The molecule has 1 aliphatic heterocycles. The molecule has 0 bridgehead atoms. The molecule has 2 heterocycles. The van der Waals surface area contributed by atoms with Crippen LogP contribution in [0.4, 0.5) is 5.69 Å². The van der Waals surface area contributed by atoms with Crippen molar-refractivity contribution < 1.29 is 4.79 Å². The van der Waals surface area contributed by atoms with Gasteiger partial charge < -0.3 is 9.80 Å². The van der Waals surface area contributed by atoms with E-state index in [0.717, 1.165) is 47.7 Å². The van der Waals surface area contributed by atoms with Crippen molar-refractivity contribution in [2.75, 3.05) is 36.8 Å². The number of hydrogen-bond donors (Lipinski definition) is 0. The van der Waals surface area contributed by atoms with Gasteiger partial charge in [-0.05, 0) is 49.2 Å². The molecule has 0 atom stereocenters. The van der Waals surface area contributed by atoms with Crippen LogP contribution in [0.25, 0.3) is 5.69 Å². The molecule has 7 heteroatoms. The number of carbonyl (C=O) groups excluding carboxylic acids is 1. The average Bonchev–Trinajstić information content (AvgIpc) is 3.22. The van der Waals surface area contributed by atoms with Gasteiger partial charge >= 0.3 is 0 Å². The van der Waals surface area contributed by atoms with Crippen LogP contribution in [-0.4, -0.2) is 52.3 Å². The van der Waals surface area contributed by atoms with E-state index in [0.29, 0.717) is 5.75 Å². The summed E-state index contributed by atoms with van der Waals surface area (Å²) in [6.45, 7) is 7.24. The molecule has 1 aliphatic rings. The van der Waals surface area contributed by atoms with Gasteiger partial charge in [-0.25, -0.2) is 4.98 Å². The highest BCUT2D eigenvalue weighted by atomic mass is 35.5. The van der Waals surface area contributed by atoms with Gasteiger partial charge in [-0.3, -0.25) is 9.36 Å². The molecule has 1 saturated heterocycles. The first-order valence-corrected chi connectivity index (χ1v) is 11.4. The van der Waals surface area contributed by atoms with E-state index in [2.05, 4.69) is 52.6 Å². The van der Waals surface area contributed by atoms with Crippen LogP contribution in [0.3, 0.4) is 0 Å². The van der Waals surface area contributed by atoms with Crippen LogP contribution in [0, 0.1) is 13.8 Å². The Balaban J connectivity index is 1.35. The predicted molar refractivity (Wildman–Crippen MR) is 124 cm³/mol. The van der Waals surface area contributed by atoms with Gasteiger partial charge in [0.1, 0.15) is 0 Å². The normalized spacial score (nSPS) is 14.2. The molecule has 1 amide bonds. The van der Waals surface area contributed by atoms with Crippen molar-refractivity contribution in [2.24, 2.45) is 0 Å². The standard InChI is InChI=1S/C23H25ClN4OS/c1-17-6-7-18(2)21(14-17)28-9-8-25-23(28)30-16-22(29)27-12-10-26(11-13-27)20-5-3-4-19(24)15-20/h3-9,14-15H,10-13,16H2,1-2H3. The third-order valence-electron chi connectivity index (χ3n) is 5.36. The first-order valence-electron chi connectivity index (χ1n) is 10.0. The Hall–Kier alpha value is -2.44. The fourth-order valence-electron chi connectivity index (χ4n) is 3.66. The van der Waals surface area contributed by atoms with E-state index in [9.17, 15) is 4.79 Å². The van der Waals surface area contributed by atoms with Crippen molar-refractivity contribution in [1.29, 1.82) is 0 Å². The highest BCUT2D eigenvalue weighted by molar-refractivity contribution is 7.99. The van der Waals surface area contributed by atoms with Gasteiger partial charge in [-0.1, -0.05) is 41.6 Å². The maximum Gasteiger partial charge on any atom is 0.233 e. The Kier molecular flexibility index (Phi) is 6.35. The molecule has 0 N–H and O–H groups in total. The van der Waals surface area contributed by atoms with Gasteiger partial charge in [0, 0.05) is 49.3 Å². The SMILES string of the molecule is Cc1ccc(C)c(-n2ccnc2SCC(=O)N2CCN(c3cccc(Cl)c3)CC2)c1. The second-order valence-corrected chi connectivity index (χ2v) is 8.89. The molecule has 0 saturated carbocycles. The van der Waals surface area contributed by atoms with Crippen molar-refractivity contribution >= 4 is 35.0 Å². The Morgan fingerprint density at radius 3 is 2.67 bits per heavy atom. The minimum absolute atomic E-state index is 0.154. The number of carbonyl (C=O) groups is 1. The smallest absolute Gasteiger partial charge is 0.233 e. The number of amides is 1. The summed E-state index contributed by atoms with van der Waals surface area (Å²) in [5.41, 5.74) is 4.61. The van der Waals surface area contributed by atoms with Crippen molar-refractivity contribution in [3.63, 3.8) is 0 Å². The van der Waals surface area contributed by atoms with Gasteiger partial charge in [0.25, 0.3) is 0 Å². The fraction of sp³-hybridized carbons (Fsp3) is 0.304. The molecule has 5 nitrogen and oxygen atoms in total. The van der Waals surface area contributed by atoms with Gasteiger partial charge in [-0.2, -0.15) is 0 Å². The number of rotatable bonds is 5. The molecular weight excluding hydrogens is 416 g/mol. The van der Waals surface area contributed by atoms with E-state index in [1.807, 2.05) is 29.3 Å². The molecule has 156 valence electrons. The van der Waals surface area contributed by atoms with E-state index in [4.69, 9.17) is 11.6 Å². The molecule has 4 rings (SSSR count). The number of hydrogen-bond acceptors (Lipinski definition) is 4. The second kappa shape index (κ2) is 9.14. The lowest BCUT2D eigenvalue weighted by atomic mass is 10.1. The van der Waals surface area contributed by atoms with E-state index in [1.54, 1.807) is 6.20 Å². The third kappa shape index (κ3) is 4.65. The zero-order valence-corrected chi connectivity index (χ0v) is 18.8. The summed E-state index contributed by atoms with van der Waals surface area (Å²) in [5.74, 6) is 0.542. The molecule has 3 aromatic rings. The largest absolute Gasteiger partial charge is 0.368 e. The number of aryl methyl sites for hydroxylation is 2. The number of thioether (sulfide) groups is 1. The predicted octanol–water partition coefficient (Wildman–Crippen LogP) is 4.58. The number of piperazine rings is 1. The Morgan fingerprint density at radius 2 is 1.90 bits per heavy atom. The van der Waals surface area contributed by atoms with E-state index < -0.39 is 0 Å². The first-order chi connectivity index (χ1) is 14.5. The number of halogens is 1. The topological polar surface area (TPSA) is 41.4 Å². The molecule has 1 aromatic heterocycles. The molecule has 0 spiro atoms. The van der Waals surface area contributed by atoms with Crippen LogP contribution in [0.2, 0.25) is 5.02 Å². The Morgan fingerprint density at radius 1 is 1.10 bits per heavy atom. The van der Waals surface area contributed by atoms with Crippen LogP contribution >= 0.6 is 23.4 Å². The summed E-state index contributed by atoms with van der Waals surface area (Å²) in [5, 5.41) is 1.58. The molecule has 30 heavy (non-hydrogen) atoms. The number of nitrogens with zero attached hydrogens (tertiary/aromatic N) is 4. The monoisotopic (exact) mass is 440 g/mol. The summed E-state index contributed by atoms with van der Waals surface area (Å²) in [7, 11) is 0. The first kappa shape index (κ1) is 20.8. The Labute approximate surface area is 186 Å². The van der Waals surface area contributed by atoms with E-state index >= 15 is 0 Å². The number of anilines is 1. The maximum absolute atomic E-state index is 12.8. The van der Waals surface area contributed by atoms with Gasteiger partial charge in [0.05, 0.1) is 11.4 Å². The van der Waals surface area contributed by atoms with Crippen LogP contribution in [0.15, 0.2) is 60.0 Å². The summed E-state index contributed by atoms with van der Waals surface area (Å²) in [6.07, 6.45) is 3.75. The van der Waals surface area contributed by atoms with Crippen LogP contribution in [0.1, 0.15) is 11.1 Å². The average molecular weight is 441 g/mol. The molecule has 0 unspecified atom stereocenters. The van der Waals surface area contributed by atoms with Crippen molar-refractivity contribution in [2.45, 2.75) is 19.0 Å². The molecule has 1 fully saturated rings. The highest BCUT2D eigenvalue weighted by Gasteiger charge is 2.22. The lowest BCUT2D eigenvalue weighted by Crippen LogP contribution is -2.49. The summed E-state index contributed by atoms with van der Waals surface area (Å²) in [4.78, 5) is 21.5. The highest BCUT2D eigenvalue weighted by Crippen LogP contribution is 2.25. The number of aromatic nitrogens is 2. The van der Waals surface area contributed by atoms with Gasteiger partial charge in [0.2, 0.25) is 5.91 Å². The third-order valence-corrected chi connectivity index (χ3v) is 6.55. The molecule has 2 aromatic carbocycles. The lowest BCUT2D eigenvalue weighted by molar-refractivity contribution is -0.128. The minimum atomic E-state index is 0.154. The Bertz CT molecular complexity index is 1040. The zero-order chi connectivity index (χ0) is 21.1. The quantitative estimate of drug-likeness (QED) is 0.544. The molecule has 0 aliphatic carbocycles. The summed E-state index contributed by atoms with van der Waals surface area (Å²) < 4.78 is 2.07. The second-order valence-electron chi connectivity index (χ2n) is 7.51.